The molecule has 1 aromatic rings. The van der Waals surface area contributed by atoms with Gasteiger partial charge in [-0.05, 0) is 37.5 Å². The number of benzene rings is 1. The van der Waals surface area contributed by atoms with Gasteiger partial charge in [-0.25, -0.2) is 0 Å². The van der Waals surface area contributed by atoms with Gasteiger partial charge in [-0.15, -0.1) is 0 Å². The number of rotatable bonds is 3. The standard InChI is InChI=1S/C14H21ClN2O/c1-10(16)11-3-4-14(13(15)9-11)17(2)12-5-7-18-8-6-12/h3-4,9-10,12H,5-8,16H2,1-2H3/t10-/m0/s1. The number of nitrogens with two attached hydrogens (primary N) is 1. The fourth-order valence-corrected chi connectivity index (χ4v) is 2.68. The number of anilines is 1. The predicted octanol–water partition coefficient (Wildman–Crippen LogP) is 2.97. The smallest absolute Gasteiger partial charge is 0.0642 e. The molecule has 1 heterocycles. The highest BCUT2D eigenvalue weighted by molar-refractivity contribution is 6.33. The van der Waals surface area contributed by atoms with E-state index in [1.54, 1.807) is 0 Å². The molecule has 2 rings (SSSR count). The molecule has 3 nitrogen and oxygen atoms in total. The van der Waals surface area contributed by atoms with Crippen LogP contribution in [0.3, 0.4) is 0 Å². The number of hydrogen-bond acceptors (Lipinski definition) is 3. The Bertz CT molecular complexity index is 403. The lowest BCUT2D eigenvalue weighted by Crippen LogP contribution is -2.36. The number of hydrogen-bond donors (Lipinski definition) is 1. The summed E-state index contributed by atoms with van der Waals surface area (Å²) in [6, 6.07) is 6.62. The zero-order chi connectivity index (χ0) is 13.1. The van der Waals surface area contributed by atoms with E-state index >= 15 is 0 Å². The third-order valence-electron chi connectivity index (χ3n) is 3.62. The Morgan fingerprint density at radius 1 is 1.39 bits per heavy atom. The van der Waals surface area contributed by atoms with Crippen LogP contribution in [-0.2, 0) is 4.74 Å². The van der Waals surface area contributed by atoms with Crippen LogP contribution in [-0.4, -0.2) is 26.3 Å². The maximum absolute atomic E-state index is 6.36. The number of halogens is 1. The number of ether oxygens (including phenoxy) is 1. The van der Waals surface area contributed by atoms with Gasteiger partial charge >= 0.3 is 0 Å². The van der Waals surface area contributed by atoms with Crippen molar-refractivity contribution >= 4 is 17.3 Å². The van der Waals surface area contributed by atoms with Crippen LogP contribution in [0.15, 0.2) is 18.2 Å². The van der Waals surface area contributed by atoms with E-state index in [2.05, 4.69) is 24.1 Å². The van der Waals surface area contributed by atoms with E-state index in [9.17, 15) is 0 Å². The minimum Gasteiger partial charge on any atom is -0.381 e. The van der Waals surface area contributed by atoms with Gasteiger partial charge in [0.1, 0.15) is 0 Å². The SMILES string of the molecule is C[C@H](N)c1ccc(N(C)C2CCOCC2)c(Cl)c1. The summed E-state index contributed by atoms with van der Waals surface area (Å²) in [5.41, 5.74) is 8.01. The minimum atomic E-state index is 0.0185. The highest BCUT2D eigenvalue weighted by Crippen LogP contribution is 2.30. The molecule has 0 aliphatic carbocycles. The normalized spacial score (nSPS) is 18.7. The Balaban J connectivity index is 2.16. The van der Waals surface area contributed by atoms with Crippen LogP contribution in [0.25, 0.3) is 0 Å². The van der Waals surface area contributed by atoms with Crippen LogP contribution in [0, 0.1) is 0 Å². The maximum atomic E-state index is 6.36. The summed E-state index contributed by atoms with van der Waals surface area (Å²) in [5.74, 6) is 0. The Kier molecular flexibility index (Phi) is 4.49. The van der Waals surface area contributed by atoms with E-state index in [4.69, 9.17) is 22.1 Å². The molecule has 1 saturated heterocycles. The van der Waals surface area contributed by atoms with E-state index in [0.29, 0.717) is 6.04 Å². The summed E-state index contributed by atoms with van der Waals surface area (Å²) in [4.78, 5) is 2.26. The Morgan fingerprint density at radius 3 is 2.61 bits per heavy atom. The molecule has 0 amide bonds. The molecular weight excluding hydrogens is 248 g/mol. The van der Waals surface area contributed by atoms with Gasteiger partial charge < -0.3 is 15.4 Å². The van der Waals surface area contributed by atoms with E-state index in [0.717, 1.165) is 42.3 Å². The average molecular weight is 269 g/mol. The highest BCUT2D eigenvalue weighted by Gasteiger charge is 2.20. The third-order valence-corrected chi connectivity index (χ3v) is 3.92. The second-order valence-corrected chi connectivity index (χ2v) is 5.36. The molecule has 100 valence electrons. The lowest BCUT2D eigenvalue weighted by Gasteiger charge is -2.33. The zero-order valence-electron chi connectivity index (χ0n) is 11.0. The first-order chi connectivity index (χ1) is 8.59. The highest BCUT2D eigenvalue weighted by atomic mass is 35.5. The lowest BCUT2D eigenvalue weighted by molar-refractivity contribution is 0.0855. The van der Waals surface area contributed by atoms with E-state index in [1.165, 1.54) is 0 Å². The van der Waals surface area contributed by atoms with Gasteiger partial charge in [0.25, 0.3) is 0 Å². The molecule has 1 fully saturated rings. The van der Waals surface area contributed by atoms with Crippen molar-refractivity contribution in [3.05, 3.63) is 28.8 Å². The van der Waals surface area contributed by atoms with Crippen molar-refractivity contribution in [1.82, 2.24) is 0 Å². The van der Waals surface area contributed by atoms with Gasteiger partial charge in [0, 0.05) is 32.3 Å². The predicted molar refractivity (Wildman–Crippen MR) is 76.3 cm³/mol. The van der Waals surface area contributed by atoms with Gasteiger partial charge in [0.05, 0.1) is 10.7 Å². The topological polar surface area (TPSA) is 38.5 Å². The summed E-state index contributed by atoms with van der Waals surface area (Å²) in [6.45, 7) is 3.64. The van der Waals surface area contributed by atoms with Gasteiger partial charge in [-0.3, -0.25) is 0 Å². The summed E-state index contributed by atoms with van der Waals surface area (Å²) in [5, 5.41) is 0.777. The van der Waals surface area contributed by atoms with Crippen molar-refractivity contribution < 1.29 is 4.74 Å². The van der Waals surface area contributed by atoms with Crippen molar-refractivity contribution in [2.24, 2.45) is 5.73 Å². The van der Waals surface area contributed by atoms with E-state index in [-0.39, 0.29) is 6.04 Å². The van der Waals surface area contributed by atoms with Crippen LogP contribution in [0.1, 0.15) is 31.4 Å². The first-order valence-corrected chi connectivity index (χ1v) is 6.83. The Labute approximate surface area is 114 Å². The van der Waals surface area contributed by atoms with Crippen molar-refractivity contribution in [1.29, 1.82) is 0 Å². The third kappa shape index (κ3) is 2.97. The molecule has 0 unspecified atom stereocenters. The first-order valence-electron chi connectivity index (χ1n) is 6.45. The Hall–Kier alpha value is -0.770. The summed E-state index contributed by atoms with van der Waals surface area (Å²) in [6.07, 6.45) is 2.11. The molecule has 1 aromatic carbocycles. The van der Waals surface area contributed by atoms with Crippen LogP contribution in [0.5, 0.6) is 0 Å². The largest absolute Gasteiger partial charge is 0.381 e. The summed E-state index contributed by atoms with van der Waals surface area (Å²) in [7, 11) is 2.10. The second kappa shape index (κ2) is 5.91. The Morgan fingerprint density at radius 2 is 2.06 bits per heavy atom. The first kappa shape index (κ1) is 13.7. The maximum Gasteiger partial charge on any atom is 0.0642 e. The van der Waals surface area contributed by atoms with Gasteiger partial charge in [0.2, 0.25) is 0 Å². The lowest BCUT2D eigenvalue weighted by atomic mass is 10.0. The molecule has 4 heteroatoms. The van der Waals surface area contributed by atoms with E-state index < -0.39 is 0 Å². The molecule has 1 aliphatic rings. The molecule has 0 aromatic heterocycles. The van der Waals surface area contributed by atoms with E-state index in [1.807, 2.05) is 13.0 Å². The molecule has 0 bridgehead atoms. The molecule has 0 spiro atoms. The van der Waals surface area contributed by atoms with Crippen molar-refractivity contribution in [2.45, 2.75) is 31.8 Å². The molecule has 0 saturated carbocycles. The van der Waals surface area contributed by atoms with Crippen molar-refractivity contribution in [3.63, 3.8) is 0 Å². The molecule has 1 atom stereocenters. The molecular formula is C14H21ClN2O. The fourth-order valence-electron chi connectivity index (χ4n) is 2.36. The summed E-state index contributed by atoms with van der Waals surface area (Å²) >= 11 is 6.36. The van der Waals surface area contributed by atoms with Gasteiger partial charge in [-0.1, -0.05) is 17.7 Å². The quantitative estimate of drug-likeness (QED) is 0.916. The molecule has 0 radical (unpaired) electrons. The molecule has 1 aliphatic heterocycles. The molecule has 2 N–H and O–H groups in total. The fraction of sp³-hybridized carbons (Fsp3) is 0.571. The van der Waals surface area contributed by atoms with Crippen molar-refractivity contribution in [3.8, 4) is 0 Å². The van der Waals surface area contributed by atoms with Crippen LogP contribution in [0.2, 0.25) is 5.02 Å². The van der Waals surface area contributed by atoms with Crippen LogP contribution in [0.4, 0.5) is 5.69 Å². The van der Waals surface area contributed by atoms with Crippen LogP contribution >= 0.6 is 11.6 Å². The summed E-state index contributed by atoms with van der Waals surface area (Å²) < 4.78 is 5.39. The van der Waals surface area contributed by atoms with Crippen LogP contribution < -0.4 is 10.6 Å². The zero-order valence-corrected chi connectivity index (χ0v) is 11.8. The van der Waals surface area contributed by atoms with Gasteiger partial charge in [-0.2, -0.15) is 0 Å². The van der Waals surface area contributed by atoms with Crippen molar-refractivity contribution in [2.75, 3.05) is 25.2 Å². The molecule has 18 heavy (non-hydrogen) atoms. The average Bonchev–Trinajstić information content (AvgIpc) is 2.38. The second-order valence-electron chi connectivity index (χ2n) is 4.95. The minimum absolute atomic E-state index is 0.0185. The number of nitrogens with zero attached hydrogens (tertiary/aromatic N) is 1. The monoisotopic (exact) mass is 268 g/mol. The van der Waals surface area contributed by atoms with Gasteiger partial charge in [0.15, 0.2) is 0 Å².